The molecule has 1 heterocycles. The predicted octanol–water partition coefficient (Wildman–Crippen LogP) is 1.57. The minimum Gasteiger partial charge on any atom is -0.361 e. The summed E-state index contributed by atoms with van der Waals surface area (Å²) in [6.45, 7) is 1.31. The summed E-state index contributed by atoms with van der Waals surface area (Å²) in [5.41, 5.74) is 8.28. The summed E-state index contributed by atoms with van der Waals surface area (Å²) in [5.74, 6) is -0.296. The van der Waals surface area contributed by atoms with E-state index in [1.165, 1.54) is 6.42 Å². The second-order valence-electron chi connectivity index (χ2n) is 4.70. The highest BCUT2D eigenvalue weighted by molar-refractivity contribution is 6.25. The zero-order valence-electron chi connectivity index (χ0n) is 9.93. The van der Waals surface area contributed by atoms with E-state index in [-0.39, 0.29) is 11.7 Å². The molecule has 1 spiro atoms. The Hall–Kier alpha value is -1.03. The van der Waals surface area contributed by atoms with E-state index in [9.17, 15) is 4.79 Å². The lowest BCUT2D eigenvalue weighted by molar-refractivity contribution is -0.213. The molecular weight excluding hydrogens is 220 g/mol. The van der Waals surface area contributed by atoms with Crippen molar-refractivity contribution in [1.82, 2.24) is 0 Å². The van der Waals surface area contributed by atoms with Crippen molar-refractivity contribution in [2.24, 2.45) is 5.92 Å². The molecule has 94 valence electrons. The van der Waals surface area contributed by atoms with E-state index in [1.807, 2.05) is 0 Å². The zero-order valence-corrected chi connectivity index (χ0v) is 9.93. The molecule has 1 aliphatic heterocycles. The van der Waals surface area contributed by atoms with Crippen molar-refractivity contribution < 1.29 is 19.1 Å². The van der Waals surface area contributed by atoms with Gasteiger partial charge in [-0.1, -0.05) is 6.42 Å². The van der Waals surface area contributed by atoms with Crippen molar-refractivity contribution in [3.63, 3.8) is 0 Å². The van der Waals surface area contributed by atoms with E-state index >= 15 is 0 Å². The van der Waals surface area contributed by atoms with Gasteiger partial charge in [0, 0.05) is 18.8 Å². The summed E-state index contributed by atoms with van der Waals surface area (Å²) in [6, 6.07) is 0. The molecule has 5 heteroatoms. The van der Waals surface area contributed by atoms with Crippen LogP contribution >= 0.6 is 0 Å². The molecule has 0 amide bonds. The maximum atomic E-state index is 11.3. The summed E-state index contributed by atoms with van der Waals surface area (Å²) in [7, 11) is 0. The first-order valence-corrected chi connectivity index (χ1v) is 6.25. The van der Waals surface area contributed by atoms with Crippen molar-refractivity contribution in [2.45, 2.75) is 44.3 Å². The Bertz CT molecular complexity index is 331. The molecule has 1 aliphatic carbocycles. The van der Waals surface area contributed by atoms with Gasteiger partial charge in [-0.3, -0.25) is 4.79 Å². The van der Waals surface area contributed by atoms with Gasteiger partial charge in [-0.2, -0.15) is 4.79 Å². The summed E-state index contributed by atoms with van der Waals surface area (Å²) >= 11 is 0. The first-order chi connectivity index (χ1) is 8.27. The van der Waals surface area contributed by atoms with Crippen LogP contribution in [0.2, 0.25) is 0 Å². The summed E-state index contributed by atoms with van der Waals surface area (Å²) in [5, 5.41) is 0. The Labute approximate surface area is 101 Å². The smallest absolute Gasteiger partial charge is 0.323 e. The number of hydrogen-bond acceptors (Lipinski definition) is 3. The standard InChI is InChI=1S/C12H18N2O3/c13-14-9-11(15)5-4-10-3-1-2-6-12(10)16-7-8-17-12/h9-10H,1-8H2. The molecule has 1 unspecified atom stereocenters. The van der Waals surface area contributed by atoms with Crippen LogP contribution in [0.1, 0.15) is 38.5 Å². The van der Waals surface area contributed by atoms with Crippen molar-refractivity contribution >= 4 is 12.0 Å². The van der Waals surface area contributed by atoms with E-state index in [0.717, 1.165) is 31.9 Å². The second-order valence-corrected chi connectivity index (χ2v) is 4.70. The lowest BCUT2D eigenvalue weighted by Gasteiger charge is -2.39. The normalized spacial score (nSPS) is 26.7. The molecule has 0 aromatic rings. The molecular formula is C12H18N2O3. The number of hydrogen-bond donors (Lipinski definition) is 0. The number of carbonyl (C=O) groups excluding carboxylic acids is 1. The van der Waals surface area contributed by atoms with Crippen molar-refractivity contribution in [3.8, 4) is 0 Å². The molecule has 2 rings (SSSR count). The maximum Gasteiger partial charge on any atom is 0.323 e. The molecule has 1 saturated heterocycles. The molecule has 2 fully saturated rings. The minimum absolute atomic E-state index is 0.147. The average molecular weight is 238 g/mol. The van der Waals surface area contributed by atoms with Crippen molar-refractivity contribution in [3.05, 3.63) is 5.53 Å². The Balaban J connectivity index is 1.93. The third-order valence-electron chi connectivity index (χ3n) is 3.67. The number of Topliss-reactive ketones (excluding diaryl/α,β-unsaturated/α-hetero) is 1. The van der Waals surface area contributed by atoms with Crippen LogP contribution in [0.3, 0.4) is 0 Å². The summed E-state index contributed by atoms with van der Waals surface area (Å²) in [6.07, 6.45) is 6.37. The van der Waals surface area contributed by atoms with E-state index in [1.54, 1.807) is 0 Å². The fourth-order valence-corrected chi connectivity index (χ4v) is 2.85. The molecule has 2 aliphatic rings. The monoisotopic (exact) mass is 238 g/mol. The van der Waals surface area contributed by atoms with E-state index in [4.69, 9.17) is 15.0 Å². The highest BCUT2D eigenvalue weighted by atomic mass is 16.7. The summed E-state index contributed by atoms with van der Waals surface area (Å²) < 4.78 is 11.5. The van der Waals surface area contributed by atoms with Crippen LogP contribution in [-0.2, 0) is 14.3 Å². The number of carbonyl (C=O) groups is 1. The van der Waals surface area contributed by atoms with Crippen LogP contribution in [0.5, 0.6) is 0 Å². The first-order valence-electron chi connectivity index (χ1n) is 6.25. The van der Waals surface area contributed by atoms with Gasteiger partial charge >= 0.3 is 6.21 Å². The van der Waals surface area contributed by atoms with E-state index < -0.39 is 5.79 Å². The Morgan fingerprint density at radius 3 is 2.88 bits per heavy atom. The van der Waals surface area contributed by atoms with Crippen molar-refractivity contribution in [1.29, 1.82) is 0 Å². The number of rotatable bonds is 4. The van der Waals surface area contributed by atoms with Gasteiger partial charge in [0.05, 0.1) is 13.2 Å². The van der Waals surface area contributed by atoms with Crippen LogP contribution in [0.15, 0.2) is 0 Å². The van der Waals surface area contributed by atoms with Gasteiger partial charge < -0.3 is 15.0 Å². The quantitative estimate of drug-likeness (QED) is 0.424. The molecule has 0 radical (unpaired) electrons. The third kappa shape index (κ3) is 2.80. The van der Waals surface area contributed by atoms with Gasteiger partial charge in [-0.15, -0.1) is 0 Å². The Kier molecular flexibility index (Phi) is 4.05. The first kappa shape index (κ1) is 12.4. The van der Waals surface area contributed by atoms with Crippen LogP contribution in [0.4, 0.5) is 0 Å². The second kappa shape index (κ2) is 5.54. The Morgan fingerprint density at radius 1 is 1.41 bits per heavy atom. The lowest BCUT2D eigenvalue weighted by Crippen LogP contribution is -2.42. The topological polar surface area (TPSA) is 71.9 Å². The third-order valence-corrected chi connectivity index (χ3v) is 3.67. The average Bonchev–Trinajstić information content (AvgIpc) is 2.78. The molecule has 0 bridgehead atoms. The number of ether oxygens (including phenoxy) is 2. The van der Waals surface area contributed by atoms with Crippen LogP contribution in [0.25, 0.3) is 5.53 Å². The fourth-order valence-electron chi connectivity index (χ4n) is 2.85. The molecule has 1 atom stereocenters. The lowest BCUT2D eigenvalue weighted by atomic mass is 9.80. The van der Waals surface area contributed by atoms with Crippen LogP contribution in [-0.4, -0.2) is 35.8 Å². The fraction of sp³-hybridized carbons (Fsp3) is 0.833. The van der Waals surface area contributed by atoms with Gasteiger partial charge in [0.2, 0.25) is 5.78 Å². The van der Waals surface area contributed by atoms with Gasteiger partial charge in [0.25, 0.3) is 0 Å². The SMILES string of the molecule is [N-]=[N+]=CC(=O)CCC1CCCCC12OCCO2. The van der Waals surface area contributed by atoms with E-state index in [0.29, 0.717) is 19.6 Å². The maximum absolute atomic E-state index is 11.3. The molecule has 0 N–H and O–H groups in total. The molecule has 5 nitrogen and oxygen atoms in total. The highest BCUT2D eigenvalue weighted by Crippen LogP contribution is 2.42. The van der Waals surface area contributed by atoms with E-state index in [2.05, 4.69) is 4.79 Å². The van der Waals surface area contributed by atoms with Crippen LogP contribution < -0.4 is 0 Å². The summed E-state index contributed by atoms with van der Waals surface area (Å²) in [4.78, 5) is 14.0. The largest absolute Gasteiger partial charge is 0.361 e. The molecule has 0 aromatic carbocycles. The molecule has 1 saturated carbocycles. The highest BCUT2D eigenvalue weighted by Gasteiger charge is 2.45. The van der Waals surface area contributed by atoms with Crippen LogP contribution in [0, 0.1) is 5.92 Å². The van der Waals surface area contributed by atoms with Gasteiger partial charge in [0.1, 0.15) is 0 Å². The number of nitrogens with zero attached hydrogens (tertiary/aromatic N) is 2. The minimum atomic E-state index is -0.436. The number of ketones is 1. The van der Waals surface area contributed by atoms with Gasteiger partial charge in [-0.25, -0.2) is 0 Å². The predicted molar refractivity (Wildman–Crippen MR) is 60.5 cm³/mol. The van der Waals surface area contributed by atoms with Gasteiger partial charge in [-0.05, 0) is 19.3 Å². The molecule has 17 heavy (non-hydrogen) atoms. The Morgan fingerprint density at radius 2 is 2.18 bits per heavy atom. The zero-order chi connectivity index (χ0) is 12.1. The van der Waals surface area contributed by atoms with Gasteiger partial charge in [0.15, 0.2) is 5.79 Å². The van der Waals surface area contributed by atoms with Crippen molar-refractivity contribution in [2.75, 3.05) is 13.2 Å². The molecule has 0 aromatic heterocycles.